The molecule has 1 aromatic heterocycles. The largest absolute Gasteiger partial charge is 0.488 e. The Morgan fingerprint density at radius 3 is 2.37 bits per heavy atom. The summed E-state index contributed by atoms with van der Waals surface area (Å²) in [6.45, 7) is 5.13. The van der Waals surface area contributed by atoms with Crippen LogP contribution in [0.2, 0.25) is 0 Å². The fraction of sp³-hybridized carbons (Fsp3) is 0.286. The predicted octanol–water partition coefficient (Wildman–Crippen LogP) is 4.87. The Balaban J connectivity index is 1.29. The molecule has 2 heterocycles. The Labute approximate surface area is 209 Å². The summed E-state index contributed by atoms with van der Waals surface area (Å²) < 4.78 is 5.90. The summed E-state index contributed by atoms with van der Waals surface area (Å²) in [6.07, 6.45) is -0.0334. The van der Waals surface area contributed by atoms with Gasteiger partial charge in [0.15, 0.2) is 0 Å². The van der Waals surface area contributed by atoms with Crippen molar-refractivity contribution in [3.05, 3.63) is 82.0 Å². The van der Waals surface area contributed by atoms with E-state index in [4.69, 9.17) is 9.84 Å². The quantitative estimate of drug-likeness (QED) is 0.458. The van der Waals surface area contributed by atoms with Crippen LogP contribution in [0.4, 0.5) is 5.69 Å². The van der Waals surface area contributed by atoms with E-state index in [1.807, 2.05) is 59.5 Å². The van der Waals surface area contributed by atoms with Gasteiger partial charge in [-0.2, -0.15) is 0 Å². The van der Waals surface area contributed by atoms with Crippen LogP contribution in [-0.4, -0.2) is 48.1 Å². The number of carboxylic acids is 1. The third kappa shape index (κ3) is 6.43. The number of carbonyl (C=O) groups excluding carboxylic acids is 1. The molecule has 0 radical (unpaired) electrons. The van der Waals surface area contributed by atoms with Crippen molar-refractivity contribution in [2.75, 3.05) is 31.1 Å². The maximum Gasteiger partial charge on any atom is 0.304 e. The molecule has 1 unspecified atom stereocenters. The van der Waals surface area contributed by atoms with Gasteiger partial charge in [-0.1, -0.05) is 36.3 Å². The van der Waals surface area contributed by atoms with Crippen LogP contribution in [0.25, 0.3) is 0 Å². The van der Waals surface area contributed by atoms with E-state index in [2.05, 4.69) is 28.9 Å². The van der Waals surface area contributed by atoms with Gasteiger partial charge in [-0.25, -0.2) is 0 Å². The number of carbonyl (C=O) groups is 2. The number of ether oxygens (including phenoxy) is 1. The summed E-state index contributed by atoms with van der Waals surface area (Å²) in [7, 11) is 0. The minimum Gasteiger partial charge on any atom is -0.488 e. The van der Waals surface area contributed by atoms with E-state index in [1.165, 1.54) is 17.0 Å². The number of anilines is 1. The lowest BCUT2D eigenvalue weighted by atomic mass is 9.96. The lowest BCUT2D eigenvalue weighted by Gasteiger charge is -2.36. The third-order valence-electron chi connectivity index (χ3n) is 5.92. The summed E-state index contributed by atoms with van der Waals surface area (Å²) in [6, 6.07) is 21.5. The Bertz CT molecular complexity index is 1200. The first-order valence-electron chi connectivity index (χ1n) is 11.6. The van der Waals surface area contributed by atoms with Crippen molar-refractivity contribution in [3.8, 4) is 17.6 Å². The third-order valence-corrected chi connectivity index (χ3v) is 6.97. The number of hydrogen-bond acceptors (Lipinski definition) is 5. The van der Waals surface area contributed by atoms with Crippen LogP contribution in [0.5, 0.6) is 5.75 Å². The predicted molar refractivity (Wildman–Crippen MR) is 138 cm³/mol. The second-order valence-corrected chi connectivity index (χ2v) is 9.45. The number of rotatable bonds is 8. The normalized spacial score (nSPS) is 14.1. The highest BCUT2D eigenvalue weighted by Gasteiger charge is 2.23. The van der Waals surface area contributed by atoms with E-state index in [0.717, 1.165) is 28.4 Å². The molecule has 0 spiro atoms. The standard InChI is InChI=1S/C28H28N2O4S/c1-2-6-22(19-27(31)32)21-9-11-24(12-10-21)34-20-25-13-14-26(35-25)28(33)30-17-15-29(16-18-30)23-7-4-3-5-8-23/h3-5,7-14,22H,15-20H2,1H3,(H,31,32). The number of para-hydroxylation sites is 1. The number of piperazine rings is 1. The van der Waals surface area contributed by atoms with Gasteiger partial charge in [0.05, 0.1) is 17.2 Å². The first-order chi connectivity index (χ1) is 17.0. The zero-order valence-electron chi connectivity index (χ0n) is 19.6. The van der Waals surface area contributed by atoms with Crippen molar-refractivity contribution in [2.45, 2.75) is 25.9 Å². The van der Waals surface area contributed by atoms with Gasteiger partial charge in [0.1, 0.15) is 12.4 Å². The van der Waals surface area contributed by atoms with E-state index < -0.39 is 5.97 Å². The molecule has 1 saturated heterocycles. The number of carboxylic acid groups (broad SMARTS) is 1. The van der Waals surface area contributed by atoms with E-state index in [9.17, 15) is 9.59 Å². The molecule has 0 bridgehead atoms. The van der Waals surface area contributed by atoms with Gasteiger partial charge >= 0.3 is 5.97 Å². The molecule has 0 saturated carbocycles. The van der Waals surface area contributed by atoms with Crippen LogP contribution in [0.1, 0.15) is 39.4 Å². The van der Waals surface area contributed by atoms with Crippen molar-refractivity contribution in [3.63, 3.8) is 0 Å². The molecule has 1 N–H and O–H groups in total. The minimum atomic E-state index is -0.876. The second kappa shape index (κ2) is 11.6. The minimum absolute atomic E-state index is 0.0334. The number of aliphatic carboxylic acids is 1. The Morgan fingerprint density at radius 1 is 1.00 bits per heavy atom. The van der Waals surface area contributed by atoms with E-state index in [1.54, 1.807) is 6.92 Å². The van der Waals surface area contributed by atoms with Gasteiger partial charge in [0.2, 0.25) is 0 Å². The Morgan fingerprint density at radius 2 is 1.71 bits per heavy atom. The molecule has 1 aliphatic heterocycles. The Kier molecular flexibility index (Phi) is 8.07. The van der Waals surface area contributed by atoms with Gasteiger partial charge in [-0.3, -0.25) is 9.59 Å². The first kappa shape index (κ1) is 24.4. The zero-order valence-corrected chi connectivity index (χ0v) is 20.5. The zero-order chi connectivity index (χ0) is 24.6. The number of amides is 1. The molecule has 3 aromatic rings. The lowest BCUT2D eigenvalue weighted by molar-refractivity contribution is -0.137. The van der Waals surface area contributed by atoms with Crippen LogP contribution in [0.3, 0.4) is 0 Å². The first-order valence-corrected chi connectivity index (χ1v) is 12.4. The maximum atomic E-state index is 13.0. The Hall–Kier alpha value is -3.76. The summed E-state index contributed by atoms with van der Waals surface area (Å²) in [5.41, 5.74) is 2.05. The average Bonchev–Trinajstić information content (AvgIpc) is 3.37. The fourth-order valence-electron chi connectivity index (χ4n) is 4.08. The fourth-order valence-corrected chi connectivity index (χ4v) is 4.97. The highest BCUT2D eigenvalue weighted by Crippen LogP contribution is 2.25. The van der Waals surface area contributed by atoms with Gasteiger partial charge in [-0.05, 0) is 48.9 Å². The highest BCUT2D eigenvalue weighted by atomic mass is 32.1. The van der Waals surface area contributed by atoms with Crippen molar-refractivity contribution < 1.29 is 19.4 Å². The summed E-state index contributed by atoms with van der Waals surface area (Å²) >= 11 is 1.46. The molecule has 6 nitrogen and oxygen atoms in total. The smallest absolute Gasteiger partial charge is 0.304 e. The van der Waals surface area contributed by atoms with Gasteiger partial charge in [0, 0.05) is 36.7 Å². The van der Waals surface area contributed by atoms with Gasteiger partial charge in [0.25, 0.3) is 5.91 Å². The van der Waals surface area contributed by atoms with Crippen LogP contribution in [0, 0.1) is 11.8 Å². The number of benzene rings is 2. The van der Waals surface area contributed by atoms with Crippen LogP contribution in [0.15, 0.2) is 66.7 Å². The molecule has 35 heavy (non-hydrogen) atoms. The van der Waals surface area contributed by atoms with Gasteiger partial charge in [-0.15, -0.1) is 17.3 Å². The molecule has 1 amide bonds. The van der Waals surface area contributed by atoms with E-state index >= 15 is 0 Å². The van der Waals surface area contributed by atoms with Crippen LogP contribution >= 0.6 is 11.3 Å². The number of nitrogens with zero attached hydrogens (tertiary/aromatic N) is 2. The molecule has 2 aromatic carbocycles. The number of hydrogen-bond donors (Lipinski definition) is 1. The van der Waals surface area contributed by atoms with E-state index in [0.29, 0.717) is 25.4 Å². The topological polar surface area (TPSA) is 70.1 Å². The molecule has 1 atom stereocenters. The molecule has 0 aliphatic carbocycles. The molecule has 7 heteroatoms. The van der Waals surface area contributed by atoms with Crippen molar-refractivity contribution in [2.24, 2.45) is 0 Å². The molecular weight excluding hydrogens is 460 g/mol. The highest BCUT2D eigenvalue weighted by molar-refractivity contribution is 7.14. The van der Waals surface area contributed by atoms with Crippen molar-refractivity contribution in [1.82, 2.24) is 4.90 Å². The van der Waals surface area contributed by atoms with Crippen LogP contribution < -0.4 is 9.64 Å². The molecular formula is C28H28N2O4S. The molecule has 1 fully saturated rings. The monoisotopic (exact) mass is 488 g/mol. The second-order valence-electron chi connectivity index (χ2n) is 8.28. The number of thiophene rings is 1. The summed E-state index contributed by atoms with van der Waals surface area (Å²) in [4.78, 5) is 30.0. The molecule has 180 valence electrons. The maximum absolute atomic E-state index is 13.0. The molecule has 4 rings (SSSR count). The molecule has 1 aliphatic rings. The lowest BCUT2D eigenvalue weighted by Crippen LogP contribution is -2.48. The summed E-state index contributed by atoms with van der Waals surface area (Å²) in [5.74, 6) is 5.29. The average molecular weight is 489 g/mol. The van der Waals surface area contributed by atoms with Crippen LogP contribution in [-0.2, 0) is 11.4 Å². The van der Waals surface area contributed by atoms with Crippen molar-refractivity contribution in [1.29, 1.82) is 0 Å². The SMILES string of the molecule is CC#CC(CC(=O)O)c1ccc(OCc2ccc(C(=O)N3CCN(c4ccccc4)CC3)s2)cc1. The summed E-state index contributed by atoms with van der Waals surface area (Å²) in [5, 5.41) is 9.10. The van der Waals surface area contributed by atoms with Crippen molar-refractivity contribution >= 4 is 28.9 Å². The van der Waals surface area contributed by atoms with Gasteiger partial charge < -0.3 is 19.6 Å². The van der Waals surface area contributed by atoms with E-state index in [-0.39, 0.29) is 18.2 Å².